The summed E-state index contributed by atoms with van der Waals surface area (Å²) in [6, 6.07) is 15.3. The highest BCUT2D eigenvalue weighted by atomic mass is 32.2. The average molecular weight is 431 g/mol. The Morgan fingerprint density at radius 3 is 2.40 bits per heavy atom. The largest absolute Gasteiger partial charge is 0.378 e. The lowest BCUT2D eigenvalue weighted by Gasteiger charge is -2.24. The maximum Gasteiger partial charge on any atom is 0.264 e. The molecule has 0 saturated heterocycles. The molecule has 1 amide bonds. The van der Waals surface area contributed by atoms with Gasteiger partial charge in [-0.15, -0.1) is 0 Å². The summed E-state index contributed by atoms with van der Waals surface area (Å²) in [4.78, 5) is 12.7. The molecule has 0 spiro atoms. The van der Waals surface area contributed by atoms with Crippen molar-refractivity contribution in [2.45, 2.75) is 50.0 Å². The molecule has 1 aliphatic carbocycles. The lowest BCUT2D eigenvalue weighted by Crippen LogP contribution is -2.41. The first kappa shape index (κ1) is 22.3. The van der Waals surface area contributed by atoms with Crippen molar-refractivity contribution in [2.75, 3.05) is 24.0 Å². The minimum atomic E-state index is -3.86. The van der Waals surface area contributed by atoms with E-state index in [2.05, 4.69) is 5.32 Å². The van der Waals surface area contributed by atoms with Gasteiger partial charge in [0.25, 0.3) is 10.0 Å². The molecule has 6 nitrogen and oxygen atoms in total. The number of sulfonamides is 1. The number of amides is 1. The van der Waals surface area contributed by atoms with Crippen LogP contribution in [0.25, 0.3) is 0 Å². The summed E-state index contributed by atoms with van der Waals surface area (Å²) < 4.78 is 33.4. The van der Waals surface area contributed by atoms with Crippen LogP contribution in [0.2, 0.25) is 0 Å². The molecule has 0 aromatic heterocycles. The minimum absolute atomic E-state index is 0.162. The number of aryl methyl sites for hydroxylation is 1. The second kappa shape index (κ2) is 10.6. The lowest BCUT2D eigenvalue weighted by atomic mass is 10.2. The van der Waals surface area contributed by atoms with Crippen LogP contribution in [0, 0.1) is 6.92 Å². The number of hydrogen-bond acceptors (Lipinski definition) is 4. The van der Waals surface area contributed by atoms with E-state index in [1.165, 1.54) is 12.8 Å². The van der Waals surface area contributed by atoms with Gasteiger partial charge in [0.2, 0.25) is 5.91 Å². The van der Waals surface area contributed by atoms with Crippen molar-refractivity contribution in [3.8, 4) is 0 Å². The molecule has 30 heavy (non-hydrogen) atoms. The molecule has 2 aromatic rings. The summed E-state index contributed by atoms with van der Waals surface area (Å²) in [6.07, 6.45) is 5.76. The number of ether oxygens (including phenoxy) is 1. The monoisotopic (exact) mass is 430 g/mol. The molecule has 162 valence electrons. The van der Waals surface area contributed by atoms with Gasteiger partial charge in [0, 0.05) is 13.2 Å². The second-order valence-electron chi connectivity index (χ2n) is 7.64. The molecule has 0 unspecified atom stereocenters. The van der Waals surface area contributed by atoms with E-state index < -0.39 is 10.0 Å². The third kappa shape index (κ3) is 6.06. The first-order chi connectivity index (χ1) is 14.5. The Labute approximate surface area is 179 Å². The summed E-state index contributed by atoms with van der Waals surface area (Å²) in [5.41, 5.74) is 1.43. The van der Waals surface area contributed by atoms with Gasteiger partial charge in [-0.3, -0.25) is 9.10 Å². The van der Waals surface area contributed by atoms with Crippen LogP contribution in [-0.4, -0.2) is 40.1 Å². The number of nitrogens with one attached hydrogen (secondary N) is 1. The van der Waals surface area contributed by atoms with Gasteiger partial charge >= 0.3 is 0 Å². The van der Waals surface area contributed by atoms with E-state index in [9.17, 15) is 13.2 Å². The van der Waals surface area contributed by atoms with Crippen LogP contribution in [0.3, 0.4) is 0 Å². The van der Waals surface area contributed by atoms with Crippen LogP contribution in [0.5, 0.6) is 0 Å². The number of carbonyl (C=O) groups excluding carboxylic acids is 1. The van der Waals surface area contributed by atoms with Crippen molar-refractivity contribution < 1.29 is 17.9 Å². The molecule has 1 aliphatic rings. The van der Waals surface area contributed by atoms with Gasteiger partial charge in [-0.1, -0.05) is 48.7 Å². The van der Waals surface area contributed by atoms with Crippen LogP contribution in [-0.2, 0) is 19.6 Å². The molecule has 1 N–H and O–H groups in total. The molecule has 0 bridgehead atoms. The van der Waals surface area contributed by atoms with E-state index in [0.29, 0.717) is 31.4 Å². The van der Waals surface area contributed by atoms with E-state index in [1.807, 2.05) is 13.0 Å². The van der Waals surface area contributed by atoms with Crippen LogP contribution < -0.4 is 9.62 Å². The molecule has 2 aromatic carbocycles. The Hall–Kier alpha value is -2.38. The van der Waals surface area contributed by atoms with E-state index in [4.69, 9.17) is 4.74 Å². The SMILES string of the molecule is Cc1ccc(S(=O)(=O)N(CC(=O)NCCCOC2CCCC2)c2ccccc2)cc1. The van der Waals surface area contributed by atoms with Gasteiger partial charge in [0.15, 0.2) is 0 Å². The van der Waals surface area contributed by atoms with Crippen molar-refractivity contribution in [1.82, 2.24) is 5.32 Å². The number of carbonyl (C=O) groups is 1. The zero-order valence-corrected chi connectivity index (χ0v) is 18.2. The summed E-state index contributed by atoms with van der Waals surface area (Å²) in [5.74, 6) is -0.338. The quantitative estimate of drug-likeness (QED) is 0.584. The number of anilines is 1. The van der Waals surface area contributed by atoms with Crippen LogP contribution in [0.1, 0.15) is 37.7 Å². The van der Waals surface area contributed by atoms with Gasteiger partial charge in [-0.05, 0) is 50.5 Å². The summed E-state index contributed by atoms with van der Waals surface area (Å²) in [6.45, 7) is 2.69. The average Bonchev–Trinajstić information content (AvgIpc) is 3.26. The molecule has 0 radical (unpaired) electrons. The van der Waals surface area contributed by atoms with Crippen LogP contribution in [0.4, 0.5) is 5.69 Å². The molecule has 1 fully saturated rings. The third-order valence-corrected chi connectivity index (χ3v) is 7.03. The van der Waals surface area contributed by atoms with Gasteiger partial charge in [-0.25, -0.2) is 8.42 Å². The van der Waals surface area contributed by atoms with Gasteiger partial charge in [-0.2, -0.15) is 0 Å². The van der Waals surface area contributed by atoms with E-state index in [-0.39, 0.29) is 17.3 Å². The predicted octanol–water partition coefficient (Wildman–Crippen LogP) is 3.66. The van der Waals surface area contributed by atoms with Crippen molar-refractivity contribution in [1.29, 1.82) is 0 Å². The topological polar surface area (TPSA) is 75.7 Å². The maximum atomic E-state index is 13.2. The zero-order chi connectivity index (χ0) is 21.4. The Kier molecular flexibility index (Phi) is 7.87. The molecular formula is C23H30N2O4S. The number of benzene rings is 2. The maximum absolute atomic E-state index is 13.2. The second-order valence-corrected chi connectivity index (χ2v) is 9.50. The zero-order valence-electron chi connectivity index (χ0n) is 17.4. The Morgan fingerprint density at radius 1 is 1.07 bits per heavy atom. The Morgan fingerprint density at radius 2 is 1.73 bits per heavy atom. The lowest BCUT2D eigenvalue weighted by molar-refractivity contribution is -0.119. The normalized spacial score (nSPS) is 14.6. The Balaban J connectivity index is 1.61. The summed E-state index contributed by atoms with van der Waals surface area (Å²) >= 11 is 0. The number of hydrogen-bond donors (Lipinski definition) is 1. The highest BCUT2D eigenvalue weighted by molar-refractivity contribution is 7.92. The summed E-state index contributed by atoms with van der Waals surface area (Å²) in [7, 11) is -3.86. The van der Waals surface area contributed by atoms with Crippen molar-refractivity contribution in [2.24, 2.45) is 0 Å². The smallest absolute Gasteiger partial charge is 0.264 e. The van der Waals surface area contributed by atoms with Crippen LogP contribution >= 0.6 is 0 Å². The predicted molar refractivity (Wildman–Crippen MR) is 118 cm³/mol. The third-order valence-electron chi connectivity index (χ3n) is 5.24. The van der Waals surface area contributed by atoms with Gasteiger partial charge in [0.05, 0.1) is 16.7 Å². The molecule has 7 heteroatoms. The Bertz CT molecular complexity index is 908. The molecule has 0 aliphatic heterocycles. The fourth-order valence-corrected chi connectivity index (χ4v) is 4.96. The van der Waals surface area contributed by atoms with Crippen molar-refractivity contribution in [3.63, 3.8) is 0 Å². The highest BCUT2D eigenvalue weighted by Gasteiger charge is 2.27. The van der Waals surface area contributed by atoms with Crippen molar-refractivity contribution >= 4 is 21.6 Å². The fourth-order valence-electron chi connectivity index (χ4n) is 3.54. The molecular weight excluding hydrogens is 400 g/mol. The van der Waals surface area contributed by atoms with E-state index >= 15 is 0 Å². The minimum Gasteiger partial charge on any atom is -0.378 e. The molecule has 1 saturated carbocycles. The van der Waals surface area contributed by atoms with E-state index in [0.717, 1.165) is 22.7 Å². The number of rotatable bonds is 10. The van der Waals surface area contributed by atoms with Crippen LogP contribution in [0.15, 0.2) is 59.5 Å². The standard InChI is InChI=1S/C23H30N2O4S/c1-19-12-14-22(15-13-19)30(27,28)25(20-8-3-2-4-9-20)18-23(26)24-16-7-17-29-21-10-5-6-11-21/h2-4,8-9,12-15,21H,5-7,10-11,16-18H2,1H3,(H,24,26). The number of nitrogens with zero attached hydrogens (tertiary/aromatic N) is 1. The number of para-hydroxylation sites is 1. The van der Waals surface area contributed by atoms with Gasteiger partial charge < -0.3 is 10.1 Å². The first-order valence-electron chi connectivity index (χ1n) is 10.5. The summed E-state index contributed by atoms with van der Waals surface area (Å²) in [5, 5.41) is 2.82. The van der Waals surface area contributed by atoms with Gasteiger partial charge in [0.1, 0.15) is 6.54 Å². The molecule has 0 atom stereocenters. The highest BCUT2D eigenvalue weighted by Crippen LogP contribution is 2.23. The first-order valence-corrected chi connectivity index (χ1v) is 11.9. The molecule has 0 heterocycles. The fraction of sp³-hybridized carbons (Fsp3) is 0.435. The van der Waals surface area contributed by atoms with E-state index in [1.54, 1.807) is 48.5 Å². The van der Waals surface area contributed by atoms with Crippen molar-refractivity contribution in [3.05, 3.63) is 60.2 Å². The molecule has 3 rings (SSSR count).